The van der Waals surface area contributed by atoms with Crippen LogP contribution in [0, 0.1) is 0 Å². The molecule has 1 saturated carbocycles. The molecule has 0 spiro atoms. The van der Waals surface area contributed by atoms with Crippen molar-refractivity contribution in [2.75, 3.05) is 5.88 Å². The van der Waals surface area contributed by atoms with Gasteiger partial charge in [0, 0.05) is 5.88 Å². The van der Waals surface area contributed by atoms with Gasteiger partial charge in [-0.2, -0.15) is 0 Å². The average molecular weight is 209 g/mol. The van der Waals surface area contributed by atoms with E-state index in [2.05, 4.69) is 30.3 Å². The van der Waals surface area contributed by atoms with Gasteiger partial charge in [-0.3, -0.25) is 0 Å². The third-order valence-corrected chi connectivity index (χ3v) is 3.71. The van der Waals surface area contributed by atoms with Gasteiger partial charge in [0.15, 0.2) is 0 Å². The van der Waals surface area contributed by atoms with Crippen LogP contribution in [0.5, 0.6) is 0 Å². The van der Waals surface area contributed by atoms with Crippen LogP contribution in [0.3, 0.4) is 0 Å². The molecular weight excluding hydrogens is 192 g/mol. The standard InChI is InChI=1S/C13H17Cl/c14-11-10-13(8-4-5-9-13)12-6-2-1-3-7-12/h1-3,6-7H,4-5,8-11H2. The van der Waals surface area contributed by atoms with E-state index in [1.165, 1.54) is 31.2 Å². The third-order valence-electron chi connectivity index (χ3n) is 3.52. The summed E-state index contributed by atoms with van der Waals surface area (Å²) in [6.45, 7) is 0. The van der Waals surface area contributed by atoms with Crippen molar-refractivity contribution in [2.45, 2.75) is 37.5 Å². The largest absolute Gasteiger partial charge is 0.127 e. The maximum absolute atomic E-state index is 5.92. The summed E-state index contributed by atoms with van der Waals surface area (Å²) in [5, 5.41) is 0. The fourth-order valence-electron chi connectivity index (χ4n) is 2.71. The van der Waals surface area contributed by atoms with E-state index < -0.39 is 0 Å². The van der Waals surface area contributed by atoms with Gasteiger partial charge in [0.05, 0.1) is 0 Å². The lowest BCUT2D eigenvalue weighted by atomic mass is 9.77. The maximum Gasteiger partial charge on any atom is 0.0231 e. The quantitative estimate of drug-likeness (QED) is 0.656. The van der Waals surface area contributed by atoms with Crippen LogP contribution in [0.4, 0.5) is 0 Å². The first kappa shape index (κ1) is 10.0. The molecule has 1 aliphatic rings. The van der Waals surface area contributed by atoms with Gasteiger partial charge in [-0.15, -0.1) is 11.6 Å². The summed E-state index contributed by atoms with van der Waals surface area (Å²) in [6, 6.07) is 10.9. The van der Waals surface area contributed by atoms with E-state index in [0.717, 1.165) is 12.3 Å². The molecule has 0 nitrogen and oxygen atoms in total. The Kier molecular flexibility index (Phi) is 3.12. The molecule has 0 saturated heterocycles. The summed E-state index contributed by atoms with van der Waals surface area (Å²) in [7, 11) is 0. The molecule has 1 fully saturated rings. The predicted octanol–water partition coefficient (Wildman–Crippen LogP) is 4.13. The number of benzene rings is 1. The Morgan fingerprint density at radius 1 is 1.07 bits per heavy atom. The van der Waals surface area contributed by atoms with Crippen LogP contribution in [0.2, 0.25) is 0 Å². The minimum Gasteiger partial charge on any atom is -0.127 e. The second kappa shape index (κ2) is 4.35. The Bertz CT molecular complexity index is 273. The molecule has 1 aliphatic carbocycles. The van der Waals surface area contributed by atoms with E-state index >= 15 is 0 Å². The molecule has 0 heterocycles. The Balaban J connectivity index is 2.27. The topological polar surface area (TPSA) is 0 Å². The minimum atomic E-state index is 0.406. The Morgan fingerprint density at radius 2 is 1.71 bits per heavy atom. The summed E-state index contributed by atoms with van der Waals surface area (Å²) in [5.74, 6) is 0.787. The van der Waals surface area contributed by atoms with Crippen LogP contribution in [0.25, 0.3) is 0 Å². The smallest absolute Gasteiger partial charge is 0.0231 e. The molecule has 0 radical (unpaired) electrons. The van der Waals surface area contributed by atoms with Crippen molar-refractivity contribution in [3.63, 3.8) is 0 Å². The average Bonchev–Trinajstić information content (AvgIpc) is 2.70. The van der Waals surface area contributed by atoms with Gasteiger partial charge < -0.3 is 0 Å². The lowest BCUT2D eigenvalue weighted by Gasteiger charge is -2.28. The minimum absolute atomic E-state index is 0.406. The third kappa shape index (κ3) is 1.81. The van der Waals surface area contributed by atoms with Gasteiger partial charge in [0.25, 0.3) is 0 Å². The highest BCUT2D eigenvalue weighted by atomic mass is 35.5. The van der Waals surface area contributed by atoms with Crippen LogP contribution in [0.15, 0.2) is 30.3 Å². The van der Waals surface area contributed by atoms with E-state index in [9.17, 15) is 0 Å². The lowest BCUT2D eigenvalue weighted by Crippen LogP contribution is -2.22. The highest BCUT2D eigenvalue weighted by Crippen LogP contribution is 2.43. The summed E-state index contributed by atoms with van der Waals surface area (Å²) in [4.78, 5) is 0. The molecule has 0 amide bonds. The molecule has 0 N–H and O–H groups in total. The van der Waals surface area contributed by atoms with Crippen molar-refractivity contribution in [2.24, 2.45) is 0 Å². The number of rotatable bonds is 3. The highest BCUT2D eigenvalue weighted by molar-refractivity contribution is 6.17. The summed E-state index contributed by atoms with van der Waals surface area (Å²) < 4.78 is 0. The fraction of sp³-hybridized carbons (Fsp3) is 0.538. The first-order valence-electron chi connectivity index (χ1n) is 5.49. The maximum atomic E-state index is 5.92. The zero-order chi connectivity index (χ0) is 9.86. The SMILES string of the molecule is ClCCC1(c2ccccc2)CCCC1. The van der Waals surface area contributed by atoms with Crippen molar-refractivity contribution in [1.29, 1.82) is 0 Å². The zero-order valence-electron chi connectivity index (χ0n) is 8.51. The predicted molar refractivity (Wildman–Crippen MR) is 61.9 cm³/mol. The fourth-order valence-corrected chi connectivity index (χ4v) is 3.07. The zero-order valence-corrected chi connectivity index (χ0v) is 9.26. The van der Waals surface area contributed by atoms with Crippen molar-refractivity contribution in [1.82, 2.24) is 0 Å². The van der Waals surface area contributed by atoms with Gasteiger partial charge in [0.1, 0.15) is 0 Å². The van der Waals surface area contributed by atoms with Crippen LogP contribution in [0.1, 0.15) is 37.7 Å². The van der Waals surface area contributed by atoms with E-state index in [1.807, 2.05) is 0 Å². The number of halogens is 1. The summed E-state index contributed by atoms with van der Waals surface area (Å²) >= 11 is 5.92. The van der Waals surface area contributed by atoms with Crippen LogP contribution in [-0.2, 0) is 5.41 Å². The molecule has 0 bridgehead atoms. The monoisotopic (exact) mass is 208 g/mol. The van der Waals surface area contributed by atoms with Gasteiger partial charge >= 0.3 is 0 Å². The van der Waals surface area contributed by atoms with E-state index in [4.69, 9.17) is 11.6 Å². The molecule has 1 aromatic carbocycles. The second-order valence-corrected chi connectivity index (χ2v) is 4.67. The molecule has 76 valence electrons. The van der Waals surface area contributed by atoms with Gasteiger partial charge in [-0.1, -0.05) is 43.2 Å². The van der Waals surface area contributed by atoms with Gasteiger partial charge in [0.2, 0.25) is 0 Å². The molecule has 2 rings (SSSR count). The van der Waals surface area contributed by atoms with Crippen LogP contribution >= 0.6 is 11.6 Å². The van der Waals surface area contributed by atoms with E-state index in [-0.39, 0.29) is 0 Å². The van der Waals surface area contributed by atoms with E-state index in [0.29, 0.717) is 5.41 Å². The number of alkyl halides is 1. The van der Waals surface area contributed by atoms with Crippen molar-refractivity contribution < 1.29 is 0 Å². The Morgan fingerprint density at radius 3 is 2.29 bits per heavy atom. The lowest BCUT2D eigenvalue weighted by molar-refractivity contribution is 0.427. The first-order chi connectivity index (χ1) is 6.87. The van der Waals surface area contributed by atoms with Crippen molar-refractivity contribution >= 4 is 11.6 Å². The molecule has 0 aromatic heterocycles. The van der Waals surface area contributed by atoms with Gasteiger partial charge in [-0.05, 0) is 30.2 Å². The van der Waals surface area contributed by atoms with Gasteiger partial charge in [-0.25, -0.2) is 0 Å². The van der Waals surface area contributed by atoms with Crippen molar-refractivity contribution in [3.8, 4) is 0 Å². The number of hydrogen-bond acceptors (Lipinski definition) is 0. The van der Waals surface area contributed by atoms with Crippen LogP contribution in [-0.4, -0.2) is 5.88 Å². The summed E-state index contributed by atoms with van der Waals surface area (Å²) in [6.07, 6.45) is 6.52. The normalized spacial score (nSPS) is 19.8. The van der Waals surface area contributed by atoms with Crippen LogP contribution < -0.4 is 0 Å². The first-order valence-corrected chi connectivity index (χ1v) is 6.02. The molecule has 1 heteroatoms. The highest BCUT2D eigenvalue weighted by Gasteiger charge is 2.34. The Labute approximate surface area is 91.3 Å². The molecule has 1 aromatic rings. The Hall–Kier alpha value is -0.490. The molecule has 0 unspecified atom stereocenters. The van der Waals surface area contributed by atoms with E-state index in [1.54, 1.807) is 0 Å². The molecule has 0 atom stereocenters. The molecular formula is C13H17Cl. The summed E-state index contributed by atoms with van der Waals surface area (Å²) in [5.41, 5.74) is 1.90. The molecule has 0 aliphatic heterocycles. The second-order valence-electron chi connectivity index (χ2n) is 4.29. The van der Waals surface area contributed by atoms with Crippen molar-refractivity contribution in [3.05, 3.63) is 35.9 Å². The molecule has 14 heavy (non-hydrogen) atoms. The number of hydrogen-bond donors (Lipinski definition) is 0.